The van der Waals surface area contributed by atoms with E-state index in [0.29, 0.717) is 12.2 Å². The van der Waals surface area contributed by atoms with Gasteiger partial charge in [-0.05, 0) is 69.3 Å². The van der Waals surface area contributed by atoms with Crippen LogP contribution in [0.4, 0.5) is 0 Å². The smallest absolute Gasteiger partial charge is 0.245 e. The van der Waals surface area contributed by atoms with E-state index in [2.05, 4.69) is 47.2 Å². The van der Waals surface area contributed by atoms with Crippen LogP contribution in [0.1, 0.15) is 72.1 Å². The molecule has 2 aliphatic heterocycles. The quantitative estimate of drug-likeness (QED) is 0.0320. The number of hydrogen-bond donors (Lipinski definition) is 12. The summed E-state index contributed by atoms with van der Waals surface area (Å²) >= 11 is 1.44. The Morgan fingerprint density at radius 2 is 1.31 bits per heavy atom. The van der Waals surface area contributed by atoms with Gasteiger partial charge in [-0.2, -0.15) is 11.8 Å². The van der Waals surface area contributed by atoms with Gasteiger partial charge in [0.05, 0.1) is 6.54 Å². The van der Waals surface area contributed by atoms with E-state index in [1.807, 2.05) is 20.1 Å². The van der Waals surface area contributed by atoms with Gasteiger partial charge in [0, 0.05) is 38.1 Å². The number of nitrogens with two attached hydrogens (primary N) is 5. The molecule has 27 heteroatoms. The SMILES string of the molecule is CSCC[C@@H]1NC(=O)[C@@H](NC(C)=O)CSSC[C@@H](C(N)=O)NC(=O)CNC(=O)[C@H](CCCN=C(N)N)NC(=O)[C@@H](CC(C)C)NC(=O)[C@H](CCCN=C(N)N)NC(=O)[C@@H]2CCCN2C1=O. The third kappa shape index (κ3) is 21.1. The van der Waals surface area contributed by atoms with Crippen LogP contribution in [0.2, 0.25) is 0 Å². The van der Waals surface area contributed by atoms with Crippen molar-refractivity contribution < 1.29 is 43.2 Å². The molecule has 0 unspecified atom stereocenters. The molecule has 2 saturated heterocycles. The highest BCUT2D eigenvalue weighted by Gasteiger charge is 2.40. The largest absolute Gasteiger partial charge is 0.370 e. The van der Waals surface area contributed by atoms with E-state index in [0.717, 1.165) is 21.6 Å². The van der Waals surface area contributed by atoms with Crippen molar-refractivity contribution in [2.45, 2.75) is 114 Å². The Morgan fingerprint density at radius 3 is 1.88 bits per heavy atom. The van der Waals surface area contributed by atoms with Crippen LogP contribution in [0.3, 0.4) is 0 Å². The number of nitrogens with one attached hydrogen (secondary N) is 7. The summed E-state index contributed by atoms with van der Waals surface area (Å²) in [5.41, 5.74) is 27.5. The lowest BCUT2D eigenvalue weighted by Crippen LogP contribution is -2.59. The van der Waals surface area contributed by atoms with Gasteiger partial charge in [-0.1, -0.05) is 35.4 Å². The molecule has 2 fully saturated rings. The van der Waals surface area contributed by atoms with Crippen LogP contribution < -0.4 is 65.9 Å². The van der Waals surface area contributed by atoms with Crippen molar-refractivity contribution in [2.24, 2.45) is 44.6 Å². The zero-order valence-corrected chi connectivity index (χ0v) is 39.8. The van der Waals surface area contributed by atoms with E-state index in [1.165, 1.54) is 23.6 Å². The van der Waals surface area contributed by atoms with Crippen LogP contribution >= 0.6 is 33.3 Å². The summed E-state index contributed by atoms with van der Waals surface area (Å²) in [5.74, 6) is -6.41. The molecule has 0 radical (unpaired) electrons. The number of primary amides is 1. The van der Waals surface area contributed by atoms with Crippen LogP contribution in [0.5, 0.6) is 0 Å². The fourth-order valence-corrected chi connectivity index (χ4v) is 9.53. The molecule has 0 aliphatic carbocycles. The van der Waals surface area contributed by atoms with Gasteiger partial charge in [0.2, 0.25) is 53.2 Å². The predicted molar refractivity (Wildman–Crippen MR) is 251 cm³/mol. The van der Waals surface area contributed by atoms with Crippen molar-refractivity contribution in [1.29, 1.82) is 0 Å². The summed E-state index contributed by atoms with van der Waals surface area (Å²) in [6, 6.07) is -8.15. The van der Waals surface area contributed by atoms with Crippen molar-refractivity contribution in [3.05, 3.63) is 0 Å². The number of carbonyl (C=O) groups is 9. The molecule has 0 saturated carbocycles. The molecule has 366 valence electrons. The van der Waals surface area contributed by atoms with Crippen LogP contribution in [-0.2, 0) is 43.2 Å². The number of hydrogen-bond acceptors (Lipinski definition) is 14. The topological polar surface area (TPSA) is 396 Å². The normalized spacial score (nSPS) is 24.8. The van der Waals surface area contributed by atoms with Crippen molar-refractivity contribution in [3.8, 4) is 0 Å². The Hall–Kier alpha value is -5.18. The second-order valence-corrected chi connectivity index (χ2v) is 19.3. The fourth-order valence-electron chi connectivity index (χ4n) is 6.72. The van der Waals surface area contributed by atoms with Crippen molar-refractivity contribution in [2.75, 3.05) is 49.7 Å². The highest BCUT2D eigenvalue weighted by molar-refractivity contribution is 8.76. The third-order valence-electron chi connectivity index (χ3n) is 9.91. The molecule has 2 heterocycles. The number of fused-ring (bicyclic) bond motifs is 1. The summed E-state index contributed by atoms with van der Waals surface area (Å²) in [4.78, 5) is 131. The molecule has 24 nitrogen and oxygen atoms in total. The second-order valence-electron chi connectivity index (χ2n) is 15.8. The number of amides is 9. The van der Waals surface area contributed by atoms with Gasteiger partial charge in [0.25, 0.3) is 0 Å². The van der Waals surface area contributed by atoms with Crippen LogP contribution in [0.25, 0.3) is 0 Å². The number of aliphatic imine (C=N–C) groups is 2. The molecule has 0 aromatic carbocycles. The first-order valence-electron chi connectivity index (χ1n) is 21.2. The van der Waals surface area contributed by atoms with Gasteiger partial charge in [-0.15, -0.1) is 0 Å². The Balaban J connectivity index is 2.61. The van der Waals surface area contributed by atoms with E-state index < -0.39 is 102 Å². The Kier molecular flexibility index (Phi) is 25.3. The van der Waals surface area contributed by atoms with Gasteiger partial charge in [-0.25, -0.2) is 0 Å². The average molecular weight is 974 g/mol. The minimum atomic E-state index is -1.25. The maximum Gasteiger partial charge on any atom is 0.245 e. The molecular weight excluding hydrogens is 907 g/mol. The molecule has 2 aliphatic rings. The molecule has 0 bridgehead atoms. The molecule has 0 spiro atoms. The van der Waals surface area contributed by atoms with Gasteiger partial charge < -0.3 is 70.8 Å². The number of carbonyl (C=O) groups excluding carboxylic acids is 9. The molecule has 0 aromatic rings. The minimum absolute atomic E-state index is 0.00577. The molecule has 65 heavy (non-hydrogen) atoms. The Bertz CT molecular complexity index is 1730. The first kappa shape index (κ1) is 56.0. The Labute approximate surface area is 391 Å². The molecular formula is C38H67N15O9S3. The monoisotopic (exact) mass is 973 g/mol. The van der Waals surface area contributed by atoms with Gasteiger partial charge in [0.15, 0.2) is 11.9 Å². The zero-order valence-electron chi connectivity index (χ0n) is 37.4. The third-order valence-corrected chi connectivity index (χ3v) is 13.0. The standard InChI is InChI=1S/C38H67N15O9S3/c1-20(2)16-25-33(59)49-22(8-5-12-44-37(40)41)31(57)46-17-29(55)48-26(30(39)56)18-64-65-19-27(47-21(3)54)34(60)51-24(11-15-63-4)36(62)53-14-7-10-28(53)35(61)50-23(32(58)52-25)9-6-13-45-38(42)43/h20,22-28H,5-19H2,1-4H3,(H2,39,56)(H,46,57)(H,47,54)(H,48,55)(H,49,59)(H,50,61)(H,51,60)(H,52,58)(H4,40,41,44)(H4,42,43,45)/t22-,23-,24-,25+,26-,27-,28-/m0/s1. The summed E-state index contributed by atoms with van der Waals surface area (Å²) < 4.78 is 0. The molecule has 0 aromatic heterocycles. The summed E-state index contributed by atoms with van der Waals surface area (Å²) in [7, 11) is 2.17. The van der Waals surface area contributed by atoms with Crippen molar-refractivity contribution in [3.63, 3.8) is 0 Å². The first-order chi connectivity index (χ1) is 30.7. The van der Waals surface area contributed by atoms with Crippen LogP contribution in [0, 0.1) is 5.92 Å². The first-order valence-corrected chi connectivity index (χ1v) is 25.1. The zero-order chi connectivity index (χ0) is 48.6. The van der Waals surface area contributed by atoms with Gasteiger partial charge >= 0.3 is 0 Å². The Morgan fingerprint density at radius 1 is 0.754 bits per heavy atom. The lowest BCUT2D eigenvalue weighted by atomic mass is 10.0. The van der Waals surface area contributed by atoms with E-state index in [-0.39, 0.29) is 93.9 Å². The maximum atomic E-state index is 14.2. The number of rotatable bonds is 15. The average Bonchev–Trinajstić information content (AvgIpc) is 3.73. The van der Waals surface area contributed by atoms with E-state index in [9.17, 15) is 43.2 Å². The molecule has 9 amide bonds. The lowest BCUT2D eigenvalue weighted by Gasteiger charge is -2.31. The number of thioether (sulfide) groups is 1. The van der Waals surface area contributed by atoms with E-state index >= 15 is 0 Å². The minimum Gasteiger partial charge on any atom is -0.370 e. The molecule has 7 atom stereocenters. The van der Waals surface area contributed by atoms with Gasteiger partial charge in [-0.3, -0.25) is 53.1 Å². The van der Waals surface area contributed by atoms with Crippen LogP contribution in [0.15, 0.2) is 9.98 Å². The van der Waals surface area contributed by atoms with Crippen molar-refractivity contribution in [1.82, 2.24) is 42.1 Å². The van der Waals surface area contributed by atoms with E-state index in [1.54, 1.807) is 0 Å². The lowest BCUT2D eigenvalue weighted by molar-refractivity contribution is -0.142. The maximum absolute atomic E-state index is 14.2. The summed E-state index contributed by atoms with van der Waals surface area (Å²) in [6.07, 6.45) is 3.30. The highest BCUT2D eigenvalue weighted by Crippen LogP contribution is 2.24. The second kappa shape index (κ2) is 29.4. The predicted octanol–water partition coefficient (Wildman–Crippen LogP) is -4.19. The number of nitrogens with zero attached hydrogens (tertiary/aromatic N) is 3. The summed E-state index contributed by atoms with van der Waals surface area (Å²) in [5, 5.41) is 18.4. The fraction of sp³-hybridized carbons (Fsp3) is 0.711. The molecule has 2 rings (SSSR count). The van der Waals surface area contributed by atoms with Gasteiger partial charge in [0.1, 0.15) is 42.3 Å². The summed E-state index contributed by atoms with van der Waals surface area (Å²) in [6.45, 7) is 4.64. The highest BCUT2D eigenvalue weighted by atomic mass is 33.1. The van der Waals surface area contributed by atoms with Crippen molar-refractivity contribution >= 4 is 98.4 Å². The number of guanidine groups is 2. The molecule has 17 N–H and O–H groups in total. The van der Waals surface area contributed by atoms with E-state index in [4.69, 9.17) is 28.7 Å². The van der Waals surface area contributed by atoms with Crippen LogP contribution in [-0.4, -0.2) is 162 Å².